The Morgan fingerprint density at radius 3 is 2.25 bits per heavy atom. The monoisotopic (exact) mass is 407 g/mol. The van der Waals surface area contributed by atoms with E-state index in [9.17, 15) is 13.2 Å². The number of benzene rings is 1. The van der Waals surface area contributed by atoms with Crippen molar-refractivity contribution in [2.75, 3.05) is 32.7 Å². The van der Waals surface area contributed by atoms with Crippen LogP contribution in [0.4, 0.5) is 0 Å². The van der Waals surface area contributed by atoms with E-state index in [1.54, 1.807) is 12.1 Å². The molecule has 7 heteroatoms. The summed E-state index contributed by atoms with van der Waals surface area (Å²) in [5, 5.41) is 3.17. The van der Waals surface area contributed by atoms with Crippen LogP contribution in [0.25, 0.3) is 0 Å². The second-order valence-electron chi connectivity index (χ2n) is 8.18. The fourth-order valence-electron chi connectivity index (χ4n) is 4.05. The van der Waals surface area contributed by atoms with E-state index in [0.29, 0.717) is 43.7 Å². The molecule has 1 saturated carbocycles. The van der Waals surface area contributed by atoms with Crippen molar-refractivity contribution in [1.29, 1.82) is 0 Å². The van der Waals surface area contributed by atoms with Crippen molar-refractivity contribution in [3.05, 3.63) is 29.3 Å². The molecule has 156 valence electrons. The first-order chi connectivity index (χ1) is 13.4. The van der Waals surface area contributed by atoms with Gasteiger partial charge in [-0.25, -0.2) is 8.42 Å². The predicted octanol–water partition coefficient (Wildman–Crippen LogP) is 2.45. The van der Waals surface area contributed by atoms with Gasteiger partial charge >= 0.3 is 0 Å². The van der Waals surface area contributed by atoms with Crippen molar-refractivity contribution in [2.45, 2.75) is 63.3 Å². The smallest absolute Gasteiger partial charge is 0.243 e. The number of piperazine rings is 1. The lowest BCUT2D eigenvalue weighted by molar-refractivity contribution is -0.123. The van der Waals surface area contributed by atoms with Gasteiger partial charge in [0.05, 0.1) is 11.4 Å². The number of sulfonamides is 1. The van der Waals surface area contributed by atoms with E-state index >= 15 is 0 Å². The molecule has 28 heavy (non-hydrogen) atoms. The van der Waals surface area contributed by atoms with Crippen LogP contribution < -0.4 is 5.32 Å². The highest BCUT2D eigenvalue weighted by molar-refractivity contribution is 7.89. The highest BCUT2D eigenvalue weighted by atomic mass is 32.2. The topological polar surface area (TPSA) is 69.7 Å². The summed E-state index contributed by atoms with van der Waals surface area (Å²) in [7, 11) is -3.47. The van der Waals surface area contributed by atoms with E-state index in [0.717, 1.165) is 24.0 Å². The van der Waals surface area contributed by atoms with Gasteiger partial charge in [0.15, 0.2) is 0 Å². The summed E-state index contributed by atoms with van der Waals surface area (Å²) in [5.41, 5.74) is 2.07. The van der Waals surface area contributed by atoms with E-state index < -0.39 is 10.0 Å². The predicted molar refractivity (Wildman–Crippen MR) is 111 cm³/mol. The molecule has 1 N–H and O–H groups in total. The molecule has 1 saturated heterocycles. The number of nitrogens with zero attached hydrogens (tertiary/aromatic N) is 2. The molecule has 0 unspecified atom stereocenters. The van der Waals surface area contributed by atoms with Gasteiger partial charge < -0.3 is 5.32 Å². The first kappa shape index (κ1) is 21.3. The molecule has 0 atom stereocenters. The standard InChI is InChI=1S/C21H33N3O3S/c1-17-9-10-20(15-18(17)2)28(26,27)24-13-11-23(12-14-24)16-21(25)22-19-7-5-3-4-6-8-19/h9-10,15,19H,3-8,11-14,16H2,1-2H3,(H,22,25). The molecule has 1 aliphatic carbocycles. The summed E-state index contributed by atoms with van der Waals surface area (Å²) in [5.74, 6) is 0.0670. The van der Waals surface area contributed by atoms with Crippen molar-refractivity contribution in [3.8, 4) is 0 Å². The van der Waals surface area contributed by atoms with Gasteiger partial charge in [-0.1, -0.05) is 31.7 Å². The van der Waals surface area contributed by atoms with E-state index in [-0.39, 0.29) is 5.91 Å². The van der Waals surface area contributed by atoms with Crippen LogP contribution in [0.1, 0.15) is 49.7 Å². The van der Waals surface area contributed by atoms with Crippen LogP contribution >= 0.6 is 0 Å². The van der Waals surface area contributed by atoms with Crippen LogP contribution in [0.15, 0.2) is 23.1 Å². The normalized spacial score (nSPS) is 20.6. The van der Waals surface area contributed by atoms with Crippen LogP contribution in [0.3, 0.4) is 0 Å². The quantitative estimate of drug-likeness (QED) is 0.761. The largest absolute Gasteiger partial charge is 0.352 e. The van der Waals surface area contributed by atoms with Gasteiger partial charge in [0.25, 0.3) is 0 Å². The zero-order chi connectivity index (χ0) is 20.1. The number of carbonyl (C=O) groups is 1. The van der Waals surface area contributed by atoms with Gasteiger partial charge in [0.1, 0.15) is 0 Å². The van der Waals surface area contributed by atoms with Crippen molar-refractivity contribution >= 4 is 15.9 Å². The molecule has 2 fully saturated rings. The molecule has 0 aromatic heterocycles. The van der Waals surface area contributed by atoms with Crippen molar-refractivity contribution in [1.82, 2.24) is 14.5 Å². The van der Waals surface area contributed by atoms with Gasteiger partial charge in [-0.3, -0.25) is 9.69 Å². The zero-order valence-electron chi connectivity index (χ0n) is 17.1. The number of rotatable bonds is 5. The molecule has 1 heterocycles. The maximum Gasteiger partial charge on any atom is 0.243 e. The van der Waals surface area contributed by atoms with Gasteiger partial charge in [-0.05, 0) is 49.9 Å². The molecule has 1 aromatic rings. The fraction of sp³-hybridized carbons (Fsp3) is 0.667. The van der Waals surface area contributed by atoms with Gasteiger partial charge in [-0.15, -0.1) is 0 Å². The van der Waals surface area contributed by atoms with Gasteiger partial charge in [-0.2, -0.15) is 4.31 Å². The second-order valence-corrected chi connectivity index (χ2v) is 10.1. The van der Waals surface area contributed by atoms with Crippen LogP contribution in [-0.2, 0) is 14.8 Å². The number of amides is 1. The Morgan fingerprint density at radius 1 is 1.00 bits per heavy atom. The Kier molecular flexibility index (Phi) is 7.12. The maximum atomic E-state index is 12.9. The SMILES string of the molecule is Cc1ccc(S(=O)(=O)N2CCN(CC(=O)NC3CCCCCC3)CC2)cc1C. The average Bonchev–Trinajstić information content (AvgIpc) is 2.93. The number of carbonyl (C=O) groups excluding carboxylic acids is 1. The number of aryl methyl sites for hydroxylation is 2. The first-order valence-corrected chi connectivity index (χ1v) is 11.9. The molecule has 3 rings (SSSR count). The van der Waals surface area contributed by atoms with E-state index in [2.05, 4.69) is 10.2 Å². The molecular formula is C21H33N3O3S. The minimum absolute atomic E-state index is 0.0670. The number of nitrogens with one attached hydrogen (secondary N) is 1. The van der Waals surface area contributed by atoms with Gasteiger partial charge in [0, 0.05) is 32.2 Å². The Balaban J connectivity index is 1.50. The molecule has 0 spiro atoms. The molecular weight excluding hydrogens is 374 g/mol. The first-order valence-electron chi connectivity index (χ1n) is 10.5. The van der Waals surface area contributed by atoms with Crippen LogP contribution in [0.5, 0.6) is 0 Å². The molecule has 2 aliphatic rings. The van der Waals surface area contributed by atoms with E-state index in [4.69, 9.17) is 0 Å². The Morgan fingerprint density at radius 2 is 1.64 bits per heavy atom. The van der Waals surface area contributed by atoms with E-state index in [1.165, 1.54) is 30.0 Å². The van der Waals surface area contributed by atoms with E-state index in [1.807, 2.05) is 19.9 Å². The average molecular weight is 408 g/mol. The number of hydrogen-bond donors (Lipinski definition) is 1. The van der Waals surface area contributed by atoms with Crippen LogP contribution in [-0.4, -0.2) is 62.3 Å². The summed E-state index contributed by atoms with van der Waals surface area (Å²) in [6.45, 7) is 6.28. The molecule has 1 amide bonds. The highest BCUT2D eigenvalue weighted by Gasteiger charge is 2.29. The maximum absolute atomic E-state index is 12.9. The molecule has 1 aromatic carbocycles. The van der Waals surface area contributed by atoms with Gasteiger partial charge in [0.2, 0.25) is 15.9 Å². The number of hydrogen-bond acceptors (Lipinski definition) is 4. The Labute approximate surface area is 169 Å². The lowest BCUT2D eigenvalue weighted by Gasteiger charge is -2.34. The fourth-order valence-corrected chi connectivity index (χ4v) is 5.56. The summed E-state index contributed by atoms with van der Waals surface area (Å²) in [6.07, 6.45) is 7.08. The van der Waals surface area contributed by atoms with Crippen molar-refractivity contribution in [2.24, 2.45) is 0 Å². The molecule has 1 aliphatic heterocycles. The molecule has 6 nitrogen and oxygen atoms in total. The molecule has 0 bridgehead atoms. The van der Waals surface area contributed by atoms with Crippen LogP contribution in [0.2, 0.25) is 0 Å². The summed E-state index contributed by atoms with van der Waals surface area (Å²) in [6, 6.07) is 5.60. The summed E-state index contributed by atoms with van der Waals surface area (Å²) < 4.78 is 27.3. The lowest BCUT2D eigenvalue weighted by Crippen LogP contribution is -2.51. The van der Waals surface area contributed by atoms with Crippen LogP contribution in [0, 0.1) is 13.8 Å². The van der Waals surface area contributed by atoms with Crippen molar-refractivity contribution in [3.63, 3.8) is 0 Å². The summed E-state index contributed by atoms with van der Waals surface area (Å²) >= 11 is 0. The third-order valence-electron chi connectivity index (χ3n) is 6.03. The van der Waals surface area contributed by atoms with Crippen molar-refractivity contribution < 1.29 is 13.2 Å². The third-order valence-corrected chi connectivity index (χ3v) is 7.93. The third kappa shape index (κ3) is 5.33. The zero-order valence-corrected chi connectivity index (χ0v) is 17.9. The second kappa shape index (κ2) is 9.37. The Bertz CT molecular complexity index is 778. The summed E-state index contributed by atoms with van der Waals surface area (Å²) in [4.78, 5) is 14.8. The minimum Gasteiger partial charge on any atom is -0.352 e. The lowest BCUT2D eigenvalue weighted by atomic mass is 10.1. The Hall–Kier alpha value is -1.44. The minimum atomic E-state index is -3.47. The molecule has 0 radical (unpaired) electrons. The highest BCUT2D eigenvalue weighted by Crippen LogP contribution is 2.21.